The van der Waals surface area contributed by atoms with Crippen LogP contribution in [0.1, 0.15) is 26.2 Å². The van der Waals surface area contributed by atoms with Crippen LogP contribution in [0.5, 0.6) is 0 Å². The van der Waals surface area contributed by atoms with Gasteiger partial charge in [-0.05, 0) is 26.2 Å². The van der Waals surface area contributed by atoms with E-state index in [-0.39, 0.29) is 12.7 Å². The minimum atomic E-state index is -0.201. The molecule has 15 heavy (non-hydrogen) atoms. The van der Waals surface area contributed by atoms with E-state index < -0.39 is 0 Å². The van der Waals surface area contributed by atoms with Gasteiger partial charge in [0.2, 0.25) is 0 Å². The maximum absolute atomic E-state index is 9.17. The van der Waals surface area contributed by atoms with Crippen molar-refractivity contribution in [3.8, 4) is 0 Å². The smallest absolute Gasteiger partial charge is 0.0701 e. The Labute approximate surface area is 91.8 Å². The van der Waals surface area contributed by atoms with Gasteiger partial charge in [0.1, 0.15) is 0 Å². The van der Waals surface area contributed by atoms with Gasteiger partial charge in [0.15, 0.2) is 0 Å². The van der Waals surface area contributed by atoms with E-state index in [1.165, 1.54) is 0 Å². The van der Waals surface area contributed by atoms with E-state index in [4.69, 9.17) is 9.84 Å². The summed E-state index contributed by atoms with van der Waals surface area (Å²) in [6.07, 6.45) is 3.05. The summed E-state index contributed by atoms with van der Waals surface area (Å²) in [5.74, 6) is 0. The van der Waals surface area contributed by atoms with Crippen LogP contribution in [0.2, 0.25) is 0 Å². The van der Waals surface area contributed by atoms with Gasteiger partial charge in [-0.3, -0.25) is 0 Å². The Kier molecular flexibility index (Phi) is 6.17. The first-order valence-corrected chi connectivity index (χ1v) is 5.85. The quantitative estimate of drug-likeness (QED) is 0.669. The minimum absolute atomic E-state index is 0.113. The molecule has 1 rings (SSSR count). The number of piperidine rings is 1. The summed E-state index contributed by atoms with van der Waals surface area (Å²) in [4.78, 5) is 2.37. The maximum atomic E-state index is 9.17. The summed E-state index contributed by atoms with van der Waals surface area (Å²) in [7, 11) is 0. The van der Waals surface area contributed by atoms with Gasteiger partial charge in [-0.15, -0.1) is 0 Å². The highest BCUT2D eigenvalue weighted by Crippen LogP contribution is 2.13. The lowest BCUT2D eigenvalue weighted by Crippen LogP contribution is -2.38. The molecule has 0 spiro atoms. The van der Waals surface area contributed by atoms with Gasteiger partial charge in [-0.25, -0.2) is 0 Å². The van der Waals surface area contributed by atoms with Crippen LogP contribution in [-0.4, -0.2) is 60.2 Å². The summed E-state index contributed by atoms with van der Waals surface area (Å²) < 4.78 is 5.48. The number of aliphatic hydroxyl groups excluding tert-OH is 2. The van der Waals surface area contributed by atoms with Gasteiger partial charge < -0.3 is 19.8 Å². The van der Waals surface area contributed by atoms with Crippen LogP contribution < -0.4 is 0 Å². The van der Waals surface area contributed by atoms with Crippen molar-refractivity contribution in [1.82, 2.24) is 4.90 Å². The molecular weight excluding hydrogens is 194 g/mol. The van der Waals surface area contributed by atoms with E-state index in [9.17, 15) is 5.11 Å². The zero-order chi connectivity index (χ0) is 11.1. The van der Waals surface area contributed by atoms with Gasteiger partial charge in [0, 0.05) is 19.6 Å². The van der Waals surface area contributed by atoms with Crippen LogP contribution in [-0.2, 0) is 4.74 Å². The zero-order valence-corrected chi connectivity index (χ0v) is 9.56. The van der Waals surface area contributed by atoms with Gasteiger partial charge in [0.05, 0.1) is 25.4 Å². The lowest BCUT2D eigenvalue weighted by atomic mass is 10.1. The number of likely N-dealkylation sites (tertiary alicyclic amines) is 1. The molecule has 0 aliphatic carbocycles. The van der Waals surface area contributed by atoms with Gasteiger partial charge >= 0.3 is 0 Å². The second kappa shape index (κ2) is 7.17. The monoisotopic (exact) mass is 217 g/mol. The molecule has 4 heteroatoms. The largest absolute Gasteiger partial charge is 0.394 e. The third-order valence-electron chi connectivity index (χ3n) is 2.84. The van der Waals surface area contributed by atoms with Crippen molar-refractivity contribution in [3.05, 3.63) is 0 Å². The highest BCUT2D eigenvalue weighted by atomic mass is 16.5. The van der Waals surface area contributed by atoms with Gasteiger partial charge in [-0.1, -0.05) is 0 Å². The Bertz CT molecular complexity index is 156. The number of rotatable bonds is 6. The van der Waals surface area contributed by atoms with E-state index in [0.29, 0.717) is 12.7 Å². The van der Waals surface area contributed by atoms with Crippen LogP contribution in [0.15, 0.2) is 0 Å². The van der Waals surface area contributed by atoms with E-state index in [2.05, 4.69) is 4.90 Å². The molecule has 1 heterocycles. The van der Waals surface area contributed by atoms with Crippen molar-refractivity contribution >= 4 is 0 Å². The third kappa shape index (κ3) is 5.47. The highest BCUT2D eigenvalue weighted by molar-refractivity contribution is 4.72. The Morgan fingerprint density at radius 3 is 2.60 bits per heavy atom. The summed E-state index contributed by atoms with van der Waals surface area (Å²) >= 11 is 0. The second-order valence-electron chi connectivity index (χ2n) is 4.27. The molecule has 0 aromatic heterocycles. The Morgan fingerprint density at radius 1 is 1.40 bits per heavy atom. The summed E-state index contributed by atoms with van der Waals surface area (Å²) in [6.45, 7) is 5.47. The first-order valence-electron chi connectivity index (χ1n) is 5.85. The van der Waals surface area contributed by atoms with Crippen molar-refractivity contribution in [2.45, 2.75) is 38.4 Å². The van der Waals surface area contributed by atoms with Crippen LogP contribution in [0, 0.1) is 0 Å². The molecule has 2 N–H and O–H groups in total. The molecule has 1 saturated heterocycles. The molecule has 1 unspecified atom stereocenters. The minimum Gasteiger partial charge on any atom is -0.394 e. The van der Waals surface area contributed by atoms with Crippen LogP contribution in [0.4, 0.5) is 0 Å². The lowest BCUT2D eigenvalue weighted by molar-refractivity contribution is -0.00926. The SMILES string of the molecule is CC(O)CCN1CCC(OCCO)CC1. The Hall–Kier alpha value is -0.160. The van der Waals surface area contributed by atoms with Crippen LogP contribution in [0.25, 0.3) is 0 Å². The fourth-order valence-electron chi connectivity index (χ4n) is 1.89. The van der Waals surface area contributed by atoms with Crippen molar-refractivity contribution in [1.29, 1.82) is 0 Å². The van der Waals surface area contributed by atoms with Gasteiger partial charge in [0.25, 0.3) is 0 Å². The predicted octanol–water partition coefficient (Wildman–Crippen LogP) is 0.231. The molecule has 1 aliphatic rings. The molecule has 0 aromatic carbocycles. The number of nitrogens with zero attached hydrogens (tertiary/aromatic N) is 1. The Morgan fingerprint density at radius 2 is 2.07 bits per heavy atom. The van der Waals surface area contributed by atoms with Crippen LogP contribution in [0.3, 0.4) is 0 Å². The van der Waals surface area contributed by atoms with E-state index >= 15 is 0 Å². The molecule has 1 aliphatic heterocycles. The number of hydrogen-bond donors (Lipinski definition) is 2. The molecule has 0 aromatic rings. The van der Waals surface area contributed by atoms with E-state index in [1.54, 1.807) is 0 Å². The molecule has 0 bridgehead atoms. The summed E-state index contributed by atoms with van der Waals surface area (Å²) in [6, 6.07) is 0. The first kappa shape index (κ1) is 12.9. The van der Waals surface area contributed by atoms with Crippen molar-refractivity contribution < 1.29 is 14.9 Å². The predicted molar refractivity (Wildman–Crippen MR) is 58.8 cm³/mol. The van der Waals surface area contributed by atoms with E-state index in [1.807, 2.05) is 6.92 Å². The second-order valence-corrected chi connectivity index (χ2v) is 4.27. The molecule has 4 nitrogen and oxygen atoms in total. The van der Waals surface area contributed by atoms with Gasteiger partial charge in [-0.2, -0.15) is 0 Å². The Balaban J connectivity index is 2.07. The fourth-order valence-corrected chi connectivity index (χ4v) is 1.89. The average molecular weight is 217 g/mol. The molecule has 0 amide bonds. The number of aliphatic hydroxyl groups is 2. The highest BCUT2D eigenvalue weighted by Gasteiger charge is 2.19. The molecule has 1 atom stereocenters. The third-order valence-corrected chi connectivity index (χ3v) is 2.84. The number of hydrogen-bond acceptors (Lipinski definition) is 4. The molecule has 0 saturated carbocycles. The first-order chi connectivity index (χ1) is 7.22. The van der Waals surface area contributed by atoms with Crippen LogP contribution >= 0.6 is 0 Å². The zero-order valence-electron chi connectivity index (χ0n) is 9.56. The lowest BCUT2D eigenvalue weighted by Gasteiger charge is -2.32. The fraction of sp³-hybridized carbons (Fsp3) is 1.00. The summed E-state index contributed by atoms with van der Waals surface area (Å²) in [5.41, 5.74) is 0. The summed E-state index contributed by atoms with van der Waals surface area (Å²) in [5, 5.41) is 17.8. The topological polar surface area (TPSA) is 52.9 Å². The van der Waals surface area contributed by atoms with Crippen molar-refractivity contribution in [3.63, 3.8) is 0 Å². The normalized spacial score (nSPS) is 21.8. The maximum Gasteiger partial charge on any atom is 0.0701 e. The standard InChI is InChI=1S/C11H23NO3/c1-10(14)2-5-12-6-3-11(4-7-12)15-9-8-13/h10-11,13-14H,2-9H2,1H3. The molecular formula is C11H23NO3. The van der Waals surface area contributed by atoms with E-state index in [0.717, 1.165) is 38.9 Å². The molecule has 0 radical (unpaired) electrons. The number of ether oxygens (including phenoxy) is 1. The molecule has 90 valence electrons. The van der Waals surface area contributed by atoms with Crippen molar-refractivity contribution in [2.24, 2.45) is 0 Å². The molecule has 1 fully saturated rings. The van der Waals surface area contributed by atoms with Crippen molar-refractivity contribution in [2.75, 3.05) is 32.8 Å². The average Bonchev–Trinajstić information content (AvgIpc) is 2.25.